The molecule has 0 aliphatic carbocycles. The molecule has 0 unspecified atom stereocenters. The third-order valence-electron chi connectivity index (χ3n) is 0.201. The molecule has 0 heterocycles. The average Bonchev–Trinajstić information content (AvgIpc) is 1.38. The highest BCUT2D eigenvalue weighted by Gasteiger charge is 1.71. The van der Waals surface area contributed by atoms with Gasteiger partial charge in [-0.1, -0.05) is 12.2 Å². The van der Waals surface area contributed by atoms with E-state index in [4.69, 9.17) is 5.73 Å². The quantitative estimate of drug-likeness (QED) is 0.459. The fourth-order valence-electron chi connectivity index (χ4n) is 0. The topological polar surface area (TPSA) is 26.0 Å². The van der Waals surface area contributed by atoms with Crippen molar-refractivity contribution in [2.24, 2.45) is 5.73 Å². The van der Waals surface area contributed by atoms with E-state index in [9.17, 15) is 0 Å². The lowest BCUT2D eigenvalue weighted by atomic mass is 11.5. The Morgan fingerprint density at radius 2 is 2.20 bits per heavy atom. The summed E-state index contributed by atoms with van der Waals surface area (Å²) in [6.45, 7) is 0. The normalized spacial score (nSPS) is 7.40. The molecule has 5 heavy (non-hydrogen) atoms. The number of nitrogens with two attached hydrogens (primary N) is 1. The Morgan fingerprint density at radius 1 is 2.00 bits per heavy atom. The first-order valence-corrected chi connectivity index (χ1v) is 2.74. The molecule has 0 spiro atoms. The van der Waals surface area contributed by atoms with E-state index < -0.39 is 0 Å². The molecule has 1 nitrogen and oxygen atoms in total. The Kier molecular flexibility index (Phi) is 2.59. The first-order chi connectivity index (χ1) is 2.27. The summed E-state index contributed by atoms with van der Waals surface area (Å²) >= 11 is 5.83. The van der Waals surface area contributed by atoms with Crippen LogP contribution < -0.4 is 5.73 Å². The van der Waals surface area contributed by atoms with E-state index in [1.165, 1.54) is 11.8 Å². The average molecular weight is 107 g/mol. The van der Waals surface area contributed by atoms with Gasteiger partial charge in [-0.05, 0) is 6.26 Å². The molecule has 0 saturated heterocycles. The van der Waals surface area contributed by atoms with Crippen LogP contribution in [0.5, 0.6) is 0 Å². The number of hydrogen-bond donors (Lipinski definition) is 1. The minimum absolute atomic E-state index is 0.505. The Hall–Kier alpha value is 0.240. The summed E-state index contributed by atoms with van der Waals surface area (Å²) < 4.78 is 0.505. The maximum absolute atomic E-state index is 4.99. The Labute approximate surface area is 40.9 Å². The van der Waals surface area contributed by atoms with Crippen LogP contribution in [0.1, 0.15) is 0 Å². The van der Waals surface area contributed by atoms with E-state index in [0.29, 0.717) is 4.32 Å². The molecular formula is C2H5NS2. The van der Waals surface area contributed by atoms with Gasteiger partial charge in [-0.15, -0.1) is 11.8 Å². The lowest BCUT2D eigenvalue weighted by Crippen LogP contribution is -1.98. The van der Waals surface area contributed by atoms with Gasteiger partial charge in [-0.2, -0.15) is 0 Å². The van der Waals surface area contributed by atoms with Crippen LogP contribution in [0.3, 0.4) is 0 Å². The first-order valence-electron chi connectivity index (χ1n) is 1.11. The summed E-state index contributed by atoms with van der Waals surface area (Å²) in [4.78, 5) is 0. The van der Waals surface area contributed by atoms with Crippen LogP contribution in [0.15, 0.2) is 0 Å². The van der Waals surface area contributed by atoms with E-state index in [-0.39, 0.29) is 0 Å². The van der Waals surface area contributed by atoms with Gasteiger partial charge in [0.15, 0.2) is 0 Å². The third-order valence-corrected chi connectivity index (χ3v) is 1.10. The molecule has 30 valence electrons. The van der Waals surface area contributed by atoms with Crippen LogP contribution in [0.25, 0.3) is 0 Å². The van der Waals surface area contributed by atoms with Gasteiger partial charge in [-0.3, -0.25) is 0 Å². The Morgan fingerprint density at radius 3 is 2.20 bits per heavy atom. The zero-order chi connectivity index (χ0) is 4.28. The molecule has 0 rings (SSSR count). The van der Waals surface area contributed by atoms with Gasteiger partial charge in [0, 0.05) is 0 Å². The monoisotopic (exact) mass is 107 g/mol. The molecule has 0 aromatic rings. The summed E-state index contributed by atoms with van der Waals surface area (Å²) in [5.41, 5.74) is 4.99. The molecule has 0 aromatic carbocycles. The molecular weight excluding hydrogens is 102 g/mol. The largest absolute Gasteiger partial charge is 0.385 e. The number of hydrogen-bond acceptors (Lipinski definition) is 2. The molecule has 0 saturated carbocycles. The minimum atomic E-state index is 0.505. The molecule has 0 aromatic heterocycles. The van der Waals surface area contributed by atoms with Crippen molar-refractivity contribution in [3.8, 4) is 0 Å². The van der Waals surface area contributed by atoms with Crippen LogP contribution in [-0.2, 0) is 0 Å². The SMILES string of the molecule is CSC(N)=S. The van der Waals surface area contributed by atoms with Crippen molar-refractivity contribution in [3.63, 3.8) is 0 Å². The minimum Gasteiger partial charge on any atom is -0.385 e. The van der Waals surface area contributed by atoms with Gasteiger partial charge >= 0.3 is 0 Å². The smallest absolute Gasteiger partial charge is 0.130 e. The summed E-state index contributed by atoms with van der Waals surface area (Å²) in [7, 11) is 0. The van der Waals surface area contributed by atoms with Crippen molar-refractivity contribution in [3.05, 3.63) is 0 Å². The van der Waals surface area contributed by atoms with E-state index in [2.05, 4.69) is 12.2 Å². The van der Waals surface area contributed by atoms with Gasteiger partial charge in [0.1, 0.15) is 4.32 Å². The predicted molar refractivity (Wildman–Crippen MR) is 30.3 cm³/mol. The van der Waals surface area contributed by atoms with E-state index in [0.717, 1.165) is 0 Å². The summed E-state index contributed by atoms with van der Waals surface area (Å²) in [6, 6.07) is 0. The third kappa shape index (κ3) is 4.24. The lowest BCUT2D eigenvalue weighted by Gasteiger charge is -1.78. The number of thioether (sulfide) groups is 1. The van der Waals surface area contributed by atoms with Crippen LogP contribution in [-0.4, -0.2) is 10.6 Å². The first kappa shape index (κ1) is 5.24. The van der Waals surface area contributed by atoms with Crippen molar-refractivity contribution >= 4 is 28.3 Å². The van der Waals surface area contributed by atoms with Crippen molar-refractivity contribution in [2.75, 3.05) is 6.26 Å². The zero-order valence-electron chi connectivity index (χ0n) is 2.89. The molecule has 2 N–H and O–H groups in total. The van der Waals surface area contributed by atoms with E-state index >= 15 is 0 Å². The number of thiocarbonyl (C=S) groups is 1. The Bertz CT molecular complexity index is 42.9. The van der Waals surface area contributed by atoms with Gasteiger partial charge in [0.2, 0.25) is 0 Å². The fraction of sp³-hybridized carbons (Fsp3) is 0.500. The van der Waals surface area contributed by atoms with Gasteiger partial charge in [0.05, 0.1) is 0 Å². The van der Waals surface area contributed by atoms with Crippen LogP contribution in [0.2, 0.25) is 0 Å². The summed E-state index contributed by atoms with van der Waals surface area (Å²) in [5, 5.41) is 0. The second kappa shape index (κ2) is 2.48. The fourth-order valence-corrected chi connectivity index (χ4v) is 0. The summed E-state index contributed by atoms with van der Waals surface area (Å²) in [6.07, 6.45) is 1.85. The molecule has 0 radical (unpaired) electrons. The van der Waals surface area contributed by atoms with E-state index in [1.807, 2.05) is 6.26 Å². The second-order valence-corrected chi connectivity index (χ2v) is 2.07. The van der Waals surface area contributed by atoms with Crippen LogP contribution in [0, 0.1) is 0 Å². The molecule has 0 atom stereocenters. The lowest BCUT2D eigenvalue weighted by molar-refractivity contribution is 1.90. The highest BCUT2D eigenvalue weighted by atomic mass is 32.2. The molecule has 0 bridgehead atoms. The maximum Gasteiger partial charge on any atom is 0.130 e. The molecule has 0 fully saturated rings. The van der Waals surface area contributed by atoms with Crippen LogP contribution >= 0.6 is 24.0 Å². The van der Waals surface area contributed by atoms with Crippen molar-refractivity contribution in [1.29, 1.82) is 0 Å². The van der Waals surface area contributed by atoms with Gasteiger partial charge in [0.25, 0.3) is 0 Å². The highest BCUT2D eigenvalue weighted by Crippen LogP contribution is 1.86. The standard InChI is InChI=1S/C2H5NS2/c1-5-2(3)4/h1H3,(H2,3,4). The summed E-state index contributed by atoms with van der Waals surface area (Å²) in [5.74, 6) is 0. The molecule has 0 amide bonds. The molecule has 3 heteroatoms. The maximum atomic E-state index is 4.99. The Balaban J connectivity index is 2.85. The van der Waals surface area contributed by atoms with Gasteiger partial charge in [-0.25, -0.2) is 0 Å². The van der Waals surface area contributed by atoms with Crippen molar-refractivity contribution in [1.82, 2.24) is 0 Å². The van der Waals surface area contributed by atoms with Crippen molar-refractivity contribution < 1.29 is 0 Å². The van der Waals surface area contributed by atoms with Gasteiger partial charge < -0.3 is 5.73 Å². The van der Waals surface area contributed by atoms with Crippen LogP contribution in [0.4, 0.5) is 0 Å². The van der Waals surface area contributed by atoms with E-state index in [1.54, 1.807) is 0 Å². The van der Waals surface area contributed by atoms with Crippen molar-refractivity contribution in [2.45, 2.75) is 0 Å². The molecule has 0 aliphatic heterocycles. The predicted octanol–water partition coefficient (Wildman–Crippen LogP) is 0.593. The number of rotatable bonds is 0. The second-order valence-electron chi connectivity index (χ2n) is 0.523. The molecule has 0 aliphatic rings. The highest BCUT2D eigenvalue weighted by molar-refractivity contribution is 8.22. The zero-order valence-corrected chi connectivity index (χ0v) is 4.53.